The highest BCUT2D eigenvalue weighted by Crippen LogP contribution is 2.64. The van der Waals surface area contributed by atoms with E-state index in [-0.39, 0.29) is 0 Å². The molecular formula is C15H21NO. The molecule has 1 aliphatic carbocycles. The molecule has 2 atom stereocenters. The third-order valence-electron chi connectivity index (χ3n) is 4.55. The number of fused-ring (bicyclic) bond motifs is 1. The Kier molecular flexibility index (Phi) is 2.44. The molecule has 1 N–H and O–H groups in total. The van der Waals surface area contributed by atoms with E-state index in [1.807, 2.05) is 7.05 Å². The lowest BCUT2D eigenvalue weighted by Gasteiger charge is -2.05. The van der Waals surface area contributed by atoms with Crippen LogP contribution in [-0.4, -0.2) is 20.2 Å². The molecule has 2 nitrogen and oxygen atoms in total. The SMILES string of the molecule is CNCC1C(c2ccc3c(c2)CCO3)C1(C)C. The fraction of sp³-hybridized carbons (Fsp3) is 0.600. The van der Waals surface area contributed by atoms with E-state index in [1.165, 1.54) is 11.1 Å². The lowest BCUT2D eigenvalue weighted by Crippen LogP contribution is -2.12. The van der Waals surface area contributed by atoms with Crippen molar-refractivity contribution in [3.8, 4) is 5.75 Å². The van der Waals surface area contributed by atoms with Gasteiger partial charge in [-0.25, -0.2) is 0 Å². The van der Waals surface area contributed by atoms with Crippen LogP contribution in [0.1, 0.15) is 30.9 Å². The zero-order valence-electron chi connectivity index (χ0n) is 10.9. The molecule has 1 aromatic rings. The largest absolute Gasteiger partial charge is 0.493 e. The fourth-order valence-corrected chi connectivity index (χ4v) is 3.41. The van der Waals surface area contributed by atoms with Gasteiger partial charge in [0.2, 0.25) is 0 Å². The molecule has 1 aliphatic heterocycles. The minimum atomic E-state index is 0.441. The first kappa shape index (κ1) is 11.1. The predicted molar refractivity (Wildman–Crippen MR) is 69.6 cm³/mol. The highest BCUT2D eigenvalue weighted by Gasteiger charge is 2.57. The van der Waals surface area contributed by atoms with Crippen LogP contribution in [0.2, 0.25) is 0 Å². The van der Waals surface area contributed by atoms with Crippen LogP contribution >= 0.6 is 0 Å². The number of ether oxygens (including phenoxy) is 1. The Morgan fingerprint density at radius 2 is 2.24 bits per heavy atom. The maximum Gasteiger partial charge on any atom is 0.122 e. The highest BCUT2D eigenvalue weighted by atomic mass is 16.5. The van der Waals surface area contributed by atoms with Crippen LogP contribution in [0.3, 0.4) is 0 Å². The van der Waals surface area contributed by atoms with Crippen LogP contribution in [0.4, 0.5) is 0 Å². The van der Waals surface area contributed by atoms with Crippen molar-refractivity contribution in [3.63, 3.8) is 0 Å². The van der Waals surface area contributed by atoms with Gasteiger partial charge in [-0.05, 0) is 48.0 Å². The average Bonchev–Trinajstić information content (AvgIpc) is 2.68. The first-order valence-electron chi connectivity index (χ1n) is 6.55. The molecule has 17 heavy (non-hydrogen) atoms. The molecule has 1 aromatic carbocycles. The van der Waals surface area contributed by atoms with Crippen LogP contribution in [0.25, 0.3) is 0 Å². The van der Waals surface area contributed by atoms with Crippen molar-refractivity contribution in [1.29, 1.82) is 0 Å². The van der Waals surface area contributed by atoms with E-state index >= 15 is 0 Å². The standard InChI is InChI=1S/C15H21NO/c1-15(2)12(9-16-3)14(15)11-4-5-13-10(8-11)6-7-17-13/h4-5,8,12,14,16H,6-7,9H2,1-3H3. The summed E-state index contributed by atoms with van der Waals surface area (Å²) >= 11 is 0. The predicted octanol–water partition coefficient (Wildman–Crippen LogP) is 2.58. The molecule has 1 heterocycles. The molecule has 0 bridgehead atoms. The summed E-state index contributed by atoms with van der Waals surface area (Å²) in [5, 5.41) is 3.31. The van der Waals surface area contributed by atoms with Gasteiger partial charge in [0.25, 0.3) is 0 Å². The summed E-state index contributed by atoms with van der Waals surface area (Å²) in [6, 6.07) is 6.78. The van der Waals surface area contributed by atoms with Gasteiger partial charge in [-0.1, -0.05) is 26.0 Å². The molecule has 0 saturated heterocycles. The Bertz CT molecular complexity index is 439. The molecule has 1 fully saturated rings. The first-order valence-corrected chi connectivity index (χ1v) is 6.55. The third-order valence-corrected chi connectivity index (χ3v) is 4.55. The summed E-state index contributed by atoms with van der Waals surface area (Å²) in [4.78, 5) is 0. The van der Waals surface area contributed by atoms with Crippen molar-refractivity contribution in [3.05, 3.63) is 29.3 Å². The van der Waals surface area contributed by atoms with E-state index in [0.29, 0.717) is 11.3 Å². The number of rotatable bonds is 3. The zero-order chi connectivity index (χ0) is 12.0. The van der Waals surface area contributed by atoms with Gasteiger partial charge < -0.3 is 10.1 Å². The van der Waals surface area contributed by atoms with Crippen LogP contribution in [0, 0.1) is 11.3 Å². The van der Waals surface area contributed by atoms with Crippen LogP contribution in [-0.2, 0) is 6.42 Å². The van der Waals surface area contributed by atoms with Crippen LogP contribution in [0.5, 0.6) is 5.75 Å². The quantitative estimate of drug-likeness (QED) is 0.863. The van der Waals surface area contributed by atoms with Gasteiger partial charge in [-0.3, -0.25) is 0 Å². The fourth-order valence-electron chi connectivity index (χ4n) is 3.41. The van der Waals surface area contributed by atoms with Gasteiger partial charge in [0, 0.05) is 6.42 Å². The Balaban J connectivity index is 1.86. The second kappa shape index (κ2) is 3.74. The molecule has 92 valence electrons. The Hall–Kier alpha value is -1.02. The molecule has 0 amide bonds. The maximum absolute atomic E-state index is 5.57. The van der Waals surface area contributed by atoms with Gasteiger partial charge in [0.05, 0.1) is 6.61 Å². The molecule has 0 spiro atoms. The van der Waals surface area contributed by atoms with Gasteiger partial charge in [0.15, 0.2) is 0 Å². The highest BCUT2D eigenvalue weighted by molar-refractivity contribution is 5.44. The third kappa shape index (κ3) is 1.66. The number of nitrogens with one attached hydrogen (secondary N) is 1. The Labute approximate surface area is 103 Å². The molecule has 3 rings (SSSR count). The Morgan fingerprint density at radius 1 is 1.41 bits per heavy atom. The normalized spacial score (nSPS) is 28.6. The minimum Gasteiger partial charge on any atom is -0.493 e. The summed E-state index contributed by atoms with van der Waals surface area (Å²) in [6.45, 7) is 6.73. The van der Waals surface area contributed by atoms with E-state index in [4.69, 9.17) is 4.74 Å². The second-order valence-corrected chi connectivity index (χ2v) is 5.93. The lowest BCUT2D eigenvalue weighted by atomic mass is 10.0. The summed E-state index contributed by atoms with van der Waals surface area (Å²) < 4.78 is 5.57. The van der Waals surface area contributed by atoms with Crippen molar-refractivity contribution < 1.29 is 4.74 Å². The van der Waals surface area contributed by atoms with Gasteiger partial charge in [-0.2, -0.15) is 0 Å². The number of hydrogen-bond acceptors (Lipinski definition) is 2. The summed E-state index contributed by atoms with van der Waals surface area (Å²) in [5.41, 5.74) is 3.34. The van der Waals surface area contributed by atoms with E-state index in [0.717, 1.165) is 31.2 Å². The molecule has 2 aliphatic rings. The zero-order valence-corrected chi connectivity index (χ0v) is 10.9. The minimum absolute atomic E-state index is 0.441. The van der Waals surface area contributed by atoms with E-state index in [1.54, 1.807) is 0 Å². The van der Waals surface area contributed by atoms with E-state index in [2.05, 4.69) is 37.4 Å². The molecule has 1 saturated carbocycles. The topological polar surface area (TPSA) is 21.3 Å². The summed E-state index contributed by atoms with van der Waals surface area (Å²) in [5.74, 6) is 2.58. The molecule has 2 heteroatoms. The molecule has 2 unspecified atom stereocenters. The average molecular weight is 231 g/mol. The molecule has 0 radical (unpaired) electrons. The summed E-state index contributed by atoms with van der Waals surface area (Å²) in [7, 11) is 2.04. The van der Waals surface area contributed by atoms with Crippen molar-refractivity contribution in [1.82, 2.24) is 5.32 Å². The smallest absolute Gasteiger partial charge is 0.122 e. The van der Waals surface area contributed by atoms with Gasteiger partial charge in [-0.15, -0.1) is 0 Å². The van der Waals surface area contributed by atoms with E-state index < -0.39 is 0 Å². The monoisotopic (exact) mass is 231 g/mol. The van der Waals surface area contributed by atoms with E-state index in [9.17, 15) is 0 Å². The van der Waals surface area contributed by atoms with Crippen LogP contribution < -0.4 is 10.1 Å². The molecule has 0 aromatic heterocycles. The second-order valence-electron chi connectivity index (χ2n) is 5.93. The number of hydrogen-bond donors (Lipinski definition) is 1. The van der Waals surface area contributed by atoms with Crippen molar-refractivity contribution in [2.24, 2.45) is 11.3 Å². The lowest BCUT2D eigenvalue weighted by molar-refractivity contribution is 0.357. The maximum atomic E-state index is 5.57. The van der Waals surface area contributed by atoms with Crippen molar-refractivity contribution in [2.75, 3.05) is 20.2 Å². The Morgan fingerprint density at radius 3 is 3.00 bits per heavy atom. The summed E-state index contributed by atoms with van der Waals surface area (Å²) in [6.07, 6.45) is 1.08. The van der Waals surface area contributed by atoms with Crippen LogP contribution in [0.15, 0.2) is 18.2 Å². The van der Waals surface area contributed by atoms with Gasteiger partial charge >= 0.3 is 0 Å². The number of benzene rings is 1. The van der Waals surface area contributed by atoms with Crippen molar-refractivity contribution in [2.45, 2.75) is 26.2 Å². The van der Waals surface area contributed by atoms with Gasteiger partial charge in [0.1, 0.15) is 5.75 Å². The van der Waals surface area contributed by atoms with Crippen molar-refractivity contribution >= 4 is 0 Å². The molecular weight excluding hydrogens is 210 g/mol. The first-order chi connectivity index (χ1) is 8.14.